The molecule has 6 heteroatoms. The van der Waals surface area contributed by atoms with Gasteiger partial charge >= 0.3 is 0 Å². The zero-order chi connectivity index (χ0) is 16.5. The van der Waals surface area contributed by atoms with E-state index in [9.17, 15) is 13.2 Å². The zero-order valence-electron chi connectivity index (χ0n) is 13.5. The summed E-state index contributed by atoms with van der Waals surface area (Å²) in [6, 6.07) is 9.14. The molecular formula is C17H24N2O3S. The molecule has 1 aromatic carbocycles. The predicted octanol–water partition coefficient (Wildman–Crippen LogP) is 2.04. The lowest BCUT2D eigenvalue weighted by Gasteiger charge is -2.47. The van der Waals surface area contributed by atoms with E-state index in [1.165, 1.54) is 0 Å². The van der Waals surface area contributed by atoms with Gasteiger partial charge in [0.2, 0.25) is 15.9 Å². The third kappa shape index (κ3) is 3.15. The van der Waals surface area contributed by atoms with E-state index in [4.69, 9.17) is 0 Å². The number of sulfonamides is 1. The van der Waals surface area contributed by atoms with Crippen LogP contribution in [0.3, 0.4) is 0 Å². The molecule has 3 rings (SSSR count). The molecule has 126 valence electrons. The van der Waals surface area contributed by atoms with Gasteiger partial charge < -0.3 is 5.32 Å². The van der Waals surface area contributed by atoms with Gasteiger partial charge in [0.25, 0.3) is 0 Å². The van der Waals surface area contributed by atoms with Crippen molar-refractivity contribution in [2.24, 2.45) is 0 Å². The molecule has 2 atom stereocenters. The minimum Gasteiger partial charge on any atom is -0.349 e. The van der Waals surface area contributed by atoms with E-state index in [0.717, 1.165) is 24.8 Å². The van der Waals surface area contributed by atoms with E-state index in [0.29, 0.717) is 19.4 Å². The minimum atomic E-state index is -3.40. The van der Waals surface area contributed by atoms with Gasteiger partial charge in [0, 0.05) is 19.0 Å². The molecule has 2 aliphatic heterocycles. The van der Waals surface area contributed by atoms with Gasteiger partial charge in [-0.05, 0) is 31.2 Å². The smallest absolute Gasteiger partial charge is 0.220 e. The number of rotatable bonds is 4. The fraction of sp³-hybridized carbons (Fsp3) is 0.588. The topological polar surface area (TPSA) is 66.5 Å². The molecule has 0 aromatic heterocycles. The molecule has 0 radical (unpaired) electrons. The first-order valence-corrected chi connectivity index (χ1v) is 9.92. The average Bonchev–Trinajstić information content (AvgIpc) is 2.89. The summed E-state index contributed by atoms with van der Waals surface area (Å²) in [5.74, 6) is 0.0692. The normalized spacial score (nSPS) is 28.9. The van der Waals surface area contributed by atoms with E-state index in [1.807, 2.05) is 37.3 Å². The Morgan fingerprint density at radius 3 is 2.61 bits per heavy atom. The Hall–Kier alpha value is -1.40. The van der Waals surface area contributed by atoms with Crippen LogP contribution in [0.25, 0.3) is 0 Å². The SMILES string of the molecule is CC[C@H]1N(S(=O)(=O)Cc2ccccc2)CCC[C@]12CCC(=O)N2. The first-order chi connectivity index (χ1) is 11.0. The molecule has 5 nitrogen and oxygen atoms in total. The van der Waals surface area contributed by atoms with Crippen LogP contribution in [0.2, 0.25) is 0 Å². The molecule has 1 N–H and O–H groups in total. The van der Waals surface area contributed by atoms with Crippen molar-refractivity contribution in [1.82, 2.24) is 9.62 Å². The third-order valence-electron chi connectivity index (χ3n) is 5.11. The number of benzene rings is 1. The molecule has 1 amide bonds. The van der Waals surface area contributed by atoms with Crippen LogP contribution in [0.4, 0.5) is 0 Å². The number of nitrogens with zero attached hydrogens (tertiary/aromatic N) is 1. The van der Waals surface area contributed by atoms with Crippen molar-refractivity contribution in [2.75, 3.05) is 6.54 Å². The van der Waals surface area contributed by atoms with Crippen molar-refractivity contribution in [3.63, 3.8) is 0 Å². The van der Waals surface area contributed by atoms with E-state index in [1.54, 1.807) is 4.31 Å². The van der Waals surface area contributed by atoms with Crippen LogP contribution < -0.4 is 5.32 Å². The molecule has 2 saturated heterocycles. The summed E-state index contributed by atoms with van der Waals surface area (Å²) in [5.41, 5.74) is 0.436. The standard InChI is InChI=1S/C17H24N2O3S/c1-2-15-17(11-9-16(20)18-17)10-6-12-19(15)23(21,22)13-14-7-4-3-5-8-14/h3-5,7-8,15H,2,6,9-13H2,1H3,(H,18,20)/t15-,17+/m1/s1. The second-order valence-electron chi connectivity index (χ2n) is 6.58. The van der Waals surface area contributed by atoms with Crippen LogP contribution >= 0.6 is 0 Å². The maximum absolute atomic E-state index is 13.0. The quantitative estimate of drug-likeness (QED) is 0.915. The van der Waals surface area contributed by atoms with E-state index >= 15 is 0 Å². The predicted molar refractivity (Wildman–Crippen MR) is 89.2 cm³/mol. The van der Waals surface area contributed by atoms with Gasteiger partial charge in [-0.2, -0.15) is 4.31 Å². The number of hydrogen-bond acceptors (Lipinski definition) is 3. The van der Waals surface area contributed by atoms with Gasteiger partial charge in [-0.15, -0.1) is 0 Å². The molecule has 1 aromatic rings. The molecule has 2 fully saturated rings. The highest BCUT2D eigenvalue weighted by Crippen LogP contribution is 2.38. The number of hydrogen-bond donors (Lipinski definition) is 1. The Kier molecular flexibility index (Phi) is 4.47. The minimum absolute atomic E-state index is 0.0222. The van der Waals surface area contributed by atoms with Crippen molar-refractivity contribution >= 4 is 15.9 Å². The maximum Gasteiger partial charge on any atom is 0.220 e. The van der Waals surface area contributed by atoms with Crippen molar-refractivity contribution in [2.45, 2.75) is 56.4 Å². The van der Waals surface area contributed by atoms with Crippen LogP contribution in [0.5, 0.6) is 0 Å². The fourth-order valence-corrected chi connectivity index (χ4v) is 6.05. The van der Waals surface area contributed by atoms with Gasteiger partial charge in [0.15, 0.2) is 0 Å². The summed E-state index contributed by atoms with van der Waals surface area (Å²) in [6.07, 6.45) is 3.62. The summed E-state index contributed by atoms with van der Waals surface area (Å²) in [7, 11) is -3.40. The lowest BCUT2D eigenvalue weighted by atomic mass is 9.80. The zero-order valence-corrected chi connectivity index (χ0v) is 14.3. The van der Waals surface area contributed by atoms with Crippen LogP contribution in [0.1, 0.15) is 44.6 Å². The Bertz CT molecular complexity index is 674. The molecule has 23 heavy (non-hydrogen) atoms. The van der Waals surface area contributed by atoms with Crippen LogP contribution in [-0.4, -0.2) is 36.8 Å². The molecular weight excluding hydrogens is 312 g/mol. The van der Waals surface area contributed by atoms with Gasteiger partial charge in [0.05, 0.1) is 11.3 Å². The van der Waals surface area contributed by atoms with Gasteiger partial charge in [-0.3, -0.25) is 4.79 Å². The average molecular weight is 336 g/mol. The Morgan fingerprint density at radius 1 is 1.26 bits per heavy atom. The lowest BCUT2D eigenvalue weighted by Crippen LogP contribution is -2.63. The van der Waals surface area contributed by atoms with Crippen LogP contribution in [0.15, 0.2) is 30.3 Å². The Balaban J connectivity index is 1.86. The molecule has 2 aliphatic rings. The number of carbonyl (C=O) groups is 1. The highest BCUT2D eigenvalue weighted by molar-refractivity contribution is 7.88. The first kappa shape index (κ1) is 16.5. The molecule has 2 heterocycles. The molecule has 0 aliphatic carbocycles. The highest BCUT2D eigenvalue weighted by atomic mass is 32.2. The summed E-state index contributed by atoms with van der Waals surface area (Å²) < 4.78 is 27.6. The monoisotopic (exact) mass is 336 g/mol. The van der Waals surface area contributed by atoms with Gasteiger partial charge in [0.1, 0.15) is 0 Å². The van der Waals surface area contributed by atoms with E-state index in [-0.39, 0.29) is 23.2 Å². The van der Waals surface area contributed by atoms with Crippen molar-refractivity contribution < 1.29 is 13.2 Å². The lowest BCUT2D eigenvalue weighted by molar-refractivity contribution is -0.120. The second-order valence-corrected chi connectivity index (χ2v) is 8.51. The highest BCUT2D eigenvalue weighted by Gasteiger charge is 2.50. The largest absolute Gasteiger partial charge is 0.349 e. The van der Waals surface area contributed by atoms with Gasteiger partial charge in [-0.1, -0.05) is 37.3 Å². The van der Waals surface area contributed by atoms with E-state index < -0.39 is 10.0 Å². The Morgan fingerprint density at radius 2 is 2.00 bits per heavy atom. The van der Waals surface area contributed by atoms with Crippen LogP contribution in [-0.2, 0) is 20.6 Å². The molecule has 0 bridgehead atoms. The number of nitrogens with one attached hydrogen (secondary N) is 1. The van der Waals surface area contributed by atoms with Crippen molar-refractivity contribution in [3.8, 4) is 0 Å². The first-order valence-electron chi connectivity index (χ1n) is 8.31. The summed E-state index contributed by atoms with van der Waals surface area (Å²) in [4.78, 5) is 11.7. The van der Waals surface area contributed by atoms with E-state index in [2.05, 4.69) is 5.32 Å². The fourth-order valence-electron chi connectivity index (χ4n) is 4.12. The Labute approximate surface area is 138 Å². The van der Waals surface area contributed by atoms with Crippen LogP contribution in [0, 0.1) is 0 Å². The molecule has 0 unspecified atom stereocenters. The van der Waals surface area contributed by atoms with Crippen molar-refractivity contribution in [3.05, 3.63) is 35.9 Å². The maximum atomic E-state index is 13.0. The third-order valence-corrected chi connectivity index (χ3v) is 6.96. The molecule has 0 saturated carbocycles. The molecule has 1 spiro atoms. The number of amides is 1. The number of carbonyl (C=O) groups excluding carboxylic acids is 1. The van der Waals surface area contributed by atoms with Crippen molar-refractivity contribution in [1.29, 1.82) is 0 Å². The summed E-state index contributed by atoms with van der Waals surface area (Å²) in [6.45, 7) is 2.55. The summed E-state index contributed by atoms with van der Waals surface area (Å²) in [5, 5.41) is 3.09. The second kappa shape index (κ2) is 6.24. The number of piperidine rings is 1. The summed E-state index contributed by atoms with van der Waals surface area (Å²) >= 11 is 0. The van der Waals surface area contributed by atoms with Gasteiger partial charge in [-0.25, -0.2) is 8.42 Å².